The van der Waals surface area contributed by atoms with E-state index in [1.165, 1.54) is 6.20 Å². The fourth-order valence-corrected chi connectivity index (χ4v) is 0.889. The van der Waals surface area contributed by atoms with Gasteiger partial charge in [-0.1, -0.05) is 17.7 Å². The van der Waals surface area contributed by atoms with E-state index in [9.17, 15) is 0 Å². The molecule has 64 valence electrons. The van der Waals surface area contributed by atoms with Crippen molar-refractivity contribution in [3.63, 3.8) is 0 Å². The van der Waals surface area contributed by atoms with Crippen LogP contribution in [-0.2, 0) is 0 Å². The van der Waals surface area contributed by atoms with Gasteiger partial charge >= 0.3 is 0 Å². The molecule has 0 spiro atoms. The smallest absolute Gasteiger partial charge is 0.157 e. The molecule has 0 atom stereocenters. The molecule has 1 rings (SSSR count). The SMILES string of the molecule is NCC=Cc1ncc(N)nc1Cl. The third-order valence-corrected chi connectivity index (χ3v) is 1.46. The second-order valence-corrected chi connectivity index (χ2v) is 2.47. The van der Waals surface area contributed by atoms with Crippen molar-refractivity contribution in [1.82, 2.24) is 9.97 Å². The number of anilines is 1. The van der Waals surface area contributed by atoms with E-state index >= 15 is 0 Å². The highest BCUT2D eigenvalue weighted by molar-refractivity contribution is 6.30. The van der Waals surface area contributed by atoms with E-state index in [-0.39, 0.29) is 0 Å². The van der Waals surface area contributed by atoms with Crippen LogP contribution in [-0.4, -0.2) is 16.5 Å². The van der Waals surface area contributed by atoms with Gasteiger partial charge in [-0.15, -0.1) is 0 Å². The van der Waals surface area contributed by atoms with Gasteiger partial charge in [0.1, 0.15) is 11.5 Å². The van der Waals surface area contributed by atoms with Crippen LogP contribution in [0.1, 0.15) is 5.69 Å². The topological polar surface area (TPSA) is 77.8 Å². The van der Waals surface area contributed by atoms with Crippen molar-refractivity contribution in [2.75, 3.05) is 12.3 Å². The van der Waals surface area contributed by atoms with Crippen LogP contribution >= 0.6 is 11.6 Å². The van der Waals surface area contributed by atoms with Crippen LogP contribution < -0.4 is 11.5 Å². The Morgan fingerprint density at radius 1 is 1.58 bits per heavy atom. The van der Waals surface area contributed by atoms with E-state index in [4.69, 9.17) is 23.1 Å². The number of nitrogens with two attached hydrogens (primary N) is 2. The van der Waals surface area contributed by atoms with Gasteiger partial charge in [-0.3, -0.25) is 0 Å². The van der Waals surface area contributed by atoms with Gasteiger partial charge in [-0.25, -0.2) is 9.97 Å². The molecule has 0 bridgehead atoms. The Balaban J connectivity index is 2.94. The van der Waals surface area contributed by atoms with Crippen LogP contribution in [0.4, 0.5) is 5.82 Å². The molecule has 1 aromatic heterocycles. The van der Waals surface area contributed by atoms with E-state index in [0.29, 0.717) is 23.2 Å². The number of aromatic nitrogens is 2. The summed E-state index contributed by atoms with van der Waals surface area (Å²) < 4.78 is 0. The van der Waals surface area contributed by atoms with Crippen LogP contribution in [0.25, 0.3) is 6.08 Å². The molecule has 1 aromatic rings. The molecule has 0 saturated heterocycles. The van der Waals surface area contributed by atoms with Gasteiger partial charge in [0.15, 0.2) is 5.15 Å². The Bertz CT molecular complexity index is 297. The normalized spacial score (nSPS) is 10.8. The van der Waals surface area contributed by atoms with Crippen molar-refractivity contribution in [1.29, 1.82) is 0 Å². The summed E-state index contributed by atoms with van der Waals surface area (Å²) in [6.45, 7) is 0.447. The molecule has 4 N–H and O–H groups in total. The third-order valence-electron chi connectivity index (χ3n) is 1.19. The molecular formula is C7H9ClN4. The molecule has 0 aromatic carbocycles. The van der Waals surface area contributed by atoms with Crippen LogP contribution in [0.15, 0.2) is 12.3 Å². The maximum atomic E-state index is 5.72. The summed E-state index contributed by atoms with van der Waals surface area (Å²) in [4.78, 5) is 7.77. The first-order valence-electron chi connectivity index (χ1n) is 3.38. The van der Waals surface area contributed by atoms with Crippen LogP contribution in [0.2, 0.25) is 5.15 Å². The molecule has 0 saturated carbocycles. The summed E-state index contributed by atoms with van der Waals surface area (Å²) in [5, 5.41) is 0.291. The summed E-state index contributed by atoms with van der Waals surface area (Å²) in [5.41, 5.74) is 11.2. The Morgan fingerprint density at radius 3 is 2.92 bits per heavy atom. The fourth-order valence-electron chi connectivity index (χ4n) is 0.680. The minimum absolute atomic E-state index is 0.291. The van der Waals surface area contributed by atoms with Crippen molar-refractivity contribution in [2.24, 2.45) is 5.73 Å². The zero-order valence-corrected chi connectivity index (χ0v) is 7.12. The van der Waals surface area contributed by atoms with Crippen LogP contribution in [0, 0.1) is 0 Å². The lowest BCUT2D eigenvalue weighted by molar-refractivity contribution is 1.18. The zero-order valence-electron chi connectivity index (χ0n) is 6.37. The predicted molar refractivity (Wildman–Crippen MR) is 49.5 cm³/mol. The number of nitrogen functional groups attached to an aromatic ring is 1. The number of hydrogen-bond acceptors (Lipinski definition) is 4. The number of hydrogen-bond donors (Lipinski definition) is 2. The minimum Gasteiger partial charge on any atom is -0.382 e. The number of halogens is 1. The highest BCUT2D eigenvalue weighted by Crippen LogP contribution is 2.12. The monoisotopic (exact) mass is 184 g/mol. The van der Waals surface area contributed by atoms with E-state index in [1.807, 2.05) is 0 Å². The number of nitrogens with zero attached hydrogens (tertiary/aromatic N) is 2. The average molecular weight is 185 g/mol. The largest absolute Gasteiger partial charge is 0.382 e. The fraction of sp³-hybridized carbons (Fsp3) is 0.143. The summed E-state index contributed by atoms with van der Waals surface area (Å²) in [6, 6.07) is 0. The van der Waals surface area contributed by atoms with Crippen LogP contribution in [0.5, 0.6) is 0 Å². The predicted octanol–water partition coefficient (Wildman–Crippen LogP) is 0.684. The molecule has 0 amide bonds. The first kappa shape index (κ1) is 8.96. The summed E-state index contributed by atoms with van der Waals surface area (Å²) >= 11 is 5.72. The summed E-state index contributed by atoms with van der Waals surface area (Å²) in [5.74, 6) is 0.310. The summed E-state index contributed by atoms with van der Waals surface area (Å²) in [6.07, 6.45) is 4.89. The van der Waals surface area contributed by atoms with Gasteiger partial charge in [-0.05, 0) is 6.08 Å². The van der Waals surface area contributed by atoms with Crippen molar-refractivity contribution in [3.05, 3.63) is 23.1 Å². The maximum absolute atomic E-state index is 5.72. The molecule has 0 aliphatic rings. The molecule has 0 aliphatic carbocycles. The second-order valence-electron chi connectivity index (χ2n) is 2.11. The molecule has 0 radical (unpaired) electrons. The average Bonchev–Trinajstić information content (AvgIpc) is 2.03. The van der Waals surface area contributed by atoms with Gasteiger partial charge in [0.05, 0.1) is 6.20 Å². The quantitative estimate of drug-likeness (QED) is 0.709. The Morgan fingerprint density at radius 2 is 2.33 bits per heavy atom. The van der Waals surface area contributed by atoms with Gasteiger partial charge < -0.3 is 11.5 Å². The van der Waals surface area contributed by atoms with Crippen molar-refractivity contribution in [2.45, 2.75) is 0 Å². The Kier molecular flexibility index (Phi) is 3.01. The first-order chi connectivity index (χ1) is 5.74. The van der Waals surface area contributed by atoms with Gasteiger partial charge in [0.2, 0.25) is 0 Å². The standard InChI is InChI=1S/C7H9ClN4/c8-7-5(2-1-3-9)11-4-6(10)12-7/h1-2,4H,3,9H2,(H2,10,12). The van der Waals surface area contributed by atoms with E-state index < -0.39 is 0 Å². The van der Waals surface area contributed by atoms with Crippen molar-refractivity contribution < 1.29 is 0 Å². The molecule has 1 heterocycles. The maximum Gasteiger partial charge on any atom is 0.157 e. The molecule has 12 heavy (non-hydrogen) atoms. The number of rotatable bonds is 2. The van der Waals surface area contributed by atoms with Crippen molar-refractivity contribution in [3.8, 4) is 0 Å². The molecule has 4 nitrogen and oxygen atoms in total. The zero-order chi connectivity index (χ0) is 8.97. The van der Waals surface area contributed by atoms with Crippen molar-refractivity contribution >= 4 is 23.5 Å². The molecular weight excluding hydrogens is 176 g/mol. The van der Waals surface area contributed by atoms with Gasteiger partial charge in [0, 0.05) is 6.54 Å². The van der Waals surface area contributed by atoms with Crippen LogP contribution in [0.3, 0.4) is 0 Å². The molecule has 0 aliphatic heterocycles. The lowest BCUT2D eigenvalue weighted by Gasteiger charge is -1.96. The first-order valence-corrected chi connectivity index (χ1v) is 3.76. The molecule has 0 unspecified atom stereocenters. The molecule has 0 fully saturated rings. The molecule has 5 heteroatoms. The summed E-state index contributed by atoms with van der Waals surface area (Å²) in [7, 11) is 0. The Hall–Kier alpha value is -1.13. The van der Waals surface area contributed by atoms with E-state index in [2.05, 4.69) is 9.97 Å². The van der Waals surface area contributed by atoms with E-state index in [1.54, 1.807) is 12.2 Å². The lowest BCUT2D eigenvalue weighted by Crippen LogP contribution is -1.96. The lowest BCUT2D eigenvalue weighted by atomic mass is 10.4. The second kappa shape index (κ2) is 4.04. The van der Waals surface area contributed by atoms with E-state index in [0.717, 1.165) is 0 Å². The van der Waals surface area contributed by atoms with Gasteiger partial charge in [-0.2, -0.15) is 0 Å². The minimum atomic E-state index is 0.291. The highest BCUT2D eigenvalue weighted by atomic mass is 35.5. The third kappa shape index (κ3) is 2.18. The van der Waals surface area contributed by atoms with Gasteiger partial charge in [0.25, 0.3) is 0 Å². The Labute approximate surface area is 75.3 Å². The highest BCUT2D eigenvalue weighted by Gasteiger charge is 1.98.